The molecular weight excluding hydrogens is 310 g/mol. The van der Waals surface area contributed by atoms with E-state index in [-0.39, 0.29) is 12.2 Å². The van der Waals surface area contributed by atoms with E-state index in [1.54, 1.807) is 43.3 Å². The van der Waals surface area contributed by atoms with Crippen LogP contribution in [0, 0.1) is 0 Å². The van der Waals surface area contributed by atoms with Gasteiger partial charge in [0.05, 0.1) is 24.8 Å². The molecule has 6 nitrogen and oxygen atoms in total. The van der Waals surface area contributed by atoms with E-state index in [2.05, 4.69) is 10.1 Å². The van der Waals surface area contributed by atoms with E-state index in [0.717, 1.165) is 0 Å². The Morgan fingerprint density at radius 3 is 2.21 bits per heavy atom. The second-order valence-electron chi connectivity index (χ2n) is 4.83. The number of esters is 2. The Balaban J connectivity index is 2.16. The zero-order valence-electron chi connectivity index (χ0n) is 13.4. The molecule has 0 saturated heterocycles. The molecule has 0 aromatic heterocycles. The van der Waals surface area contributed by atoms with Gasteiger partial charge in [0.25, 0.3) is 5.91 Å². The van der Waals surface area contributed by atoms with Gasteiger partial charge >= 0.3 is 11.9 Å². The molecular formula is C18H17NO5. The number of nitrogens with one attached hydrogen (secondary N) is 1. The summed E-state index contributed by atoms with van der Waals surface area (Å²) in [5.74, 6) is -1.38. The van der Waals surface area contributed by atoms with Crippen LogP contribution in [0.25, 0.3) is 0 Å². The summed E-state index contributed by atoms with van der Waals surface area (Å²) < 4.78 is 9.56. The molecule has 24 heavy (non-hydrogen) atoms. The SMILES string of the molecule is CCOC(=O)c1cccc(NC(=O)c2cccc(C(=O)OC)c2)c1. The molecule has 0 atom stereocenters. The molecule has 0 aliphatic heterocycles. The first-order chi connectivity index (χ1) is 11.5. The molecule has 2 aromatic carbocycles. The van der Waals surface area contributed by atoms with Crippen LogP contribution in [0.2, 0.25) is 0 Å². The summed E-state index contributed by atoms with van der Waals surface area (Å²) in [4.78, 5) is 35.5. The summed E-state index contributed by atoms with van der Waals surface area (Å²) in [6.07, 6.45) is 0. The molecule has 0 aliphatic rings. The molecule has 2 aromatic rings. The highest BCUT2D eigenvalue weighted by Crippen LogP contribution is 2.14. The van der Waals surface area contributed by atoms with Crippen molar-refractivity contribution in [3.63, 3.8) is 0 Å². The van der Waals surface area contributed by atoms with Crippen LogP contribution in [0.15, 0.2) is 48.5 Å². The summed E-state index contributed by atoms with van der Waals surface area (Å²) in [7, 11) is 1.27. The largest absolute Gasteiger partial charge is 0.465 e. The molecule has 0 bridgehead atoms. The van der Waals surface area contributed by atoms with E-state index in [1.165, 1.54) is 19.2 Å². The lowest BCUT2D eigenvalue weighted by atomic mass is 10.1. The van der Waals surface area contributed by atoms with Crippen molar-refractivity contribution < 1.29 is 23.9 Å². The molecule has 0 spiro atoms. The van der Waals surface area contributed by atoms with Gasteiger partial charge in [0.2, 0.25) is 0 Å². The highest BCUT2D eigenvalue weighted by atomic mass is 16.5. The van der Waals surface area contributed by atoms with Crippen LogP contribution in [-0.2, 0) is 9.47 Å². The number of hydrogen-bond acceptors (Lipinski definition) is 5. The van der Waals surface area contributed by atoms with E-state index < -0.39 is 17.8 Å². The van der Waals surface area contributed by atoms with Gasteiger partial charge in [-0.3, -0.25) is 4.79 Å². The molecule has 1 amide bonds. The third kappa shape index (κ3) is 4.19. The molecule has 0 aliphatic carbocycles. The molecule has 1 N–H and O–H groups in total. The highest BCUT2D eigenvalue weighted by Gasteiger charge is 2.12. The number of carbonyl (C=O) groups excluding carboxylic acids is 3. The van der Waals surface area contributed by atoms with Crippen LogP contribution in [0.1, 0.15) is 38.0 Å². The van der Waals surface area contributed by atoms with E-state index in [1.807, 2.05) is 0 Å². The maximum absolute atomic E-state index is 12.3. The van der Waals surface area contributed by atoms with Crippen molar-refractivity contribution in [1.29, 1.82) is 0 Å². The van der Waals surface area contributed by atoms with Gasteiger partial charge in [-0.25, -0.2) is 9.59 Å². The van der Waals surface area contributed by atoms with Crippen LogP contribution >= 0.6 is 0 Å². The minimum atomic E-state index is -0.519. The molecule has 0 radical (unpaired) electrons. The maximum Gasteiger partial charge on any atom is 0.338 e. The number of methoxy groups -OCH3 is 1. The zero-order chi connectivity index (χ0) is 17.5. The van der Waals surface area contributed by atoms with Crippen LogP contribution < -0.4 is 5.32 Å². The van der Waals surface area contributed by atoms with Crippen molar-refractivity contribution in [3.05, 3.63) is 65.2 Å². The average Bonchev–Trinajstić information content (AvgIpc) is 2.61. The molecule has 2 rings (SSSR count). The number of ether oxygens (including phenoxy) is 2. The fraction of sp³-hybridized carbons (Fsp3) is 0.167. The van der Waals surface area contributed by atoms with Gasteiger partial charge in [-0.15, -0.1) is 0 Å². The number of carbonyl (C=O) groups is 3. The quantitative estimate of drug-likeness (QED) is 0.854. The first-order valence-electron chi connectivity index (χ1n) is 7.32. The van der Waals surface area contributed by atoms with E-state index >= 15 is 0 Å². The Morgan fingerprint density at radius 2 is 1.54 bits per heavy atom. The number of rotatable bonds is 5. The monoisotopic (exact) mass is 327 g/mol. The standard InChI is InChI=1S/C18H17NO5/c1-3-24-18(22)14-8-5-9-15(11-14)19-16(20)12-6-4-7-13(10-12)17(21)23-2/h4-11H,3H2,1-2H3,(H,19,20). The van der Waals surface area contributed by atoms with E-state index in [0.29, 0.717) is 16.8 Å². The second kappa shape index (κ2) is 7.92. The maximum atomic E-state index is 12.3. The first-order valence-corrected chi connectivity index (χ1v) is 7.32. The van der Waals surface area contributed by atoms with Crippen molar-refractivity contribution in [2.45, 2.75) is 6.92 Å². The van der Waals surface area contributed by atoms with Gasteiger partial charge in [0.1, 0.15) is 0 Å². The smallest absolute Gasteiger partial charge is 0.338 e. The molecule has 0 fully saturated rings. The Kier molecular flexibility index (Phi) is 5.68. The summed E-state index contributed by atoms with van der Waals surface area (Å²) in [6.45, 7) is 1.99. The third-order valence-electron chi connectivity index (χ3n) is 3.18. The normalized spacial score (nSPS) is 9.92. The third-order valence-corrected chi connectivity index (χ3v) is 3.18. The molecule has 0 heterocycles. The average molecular weight is 327 g/mol. The zero-order valence-corrected chi connectivity index (χ0v) is 13.4. The predicted molar refractivity (Wildman–Crippen MR) is 88.1 cm³/mol. The van der Waals surface area contributed by atoms with Crippen LogP contribution in [0.3, 0.4) is 0 Å². The number of anilines is 1. The first kappa shape index (κ1) is 17.2. The second-order valence-corrected chi connectivity index (χ2v) is 4.83. The topological polar surface area (TPSA) is 81.7 Å². The van der Waals surface area contributed by atoms with Crippen molar-refractivity contribution in [2.75, 3.05) is 19.0 Å². The lowest BCUT2D eigenvalue weighted by Crippen LogP contribution is -2.14. The van der Waals surface area contributed by atoms with Crippen molar-refractivity contribution in [2.24, 2.45) is 0 Å². The summed E-state index contributed by atoms with van der Waals surface area (Å²) in [6, 6.07) is 12.6. The fourth-order valence-corrected chi connectivity index (χ4v) is 2.05. The number of hydrogen-bond donors (Lipinski definition) is 1. The van der Waals surface area contributed by atoms with Crippen LogP contribution in [0.4, 0.5) is 5.69 Å². The van der Waals surface area contributed by atoms with Gasteiger partial charge in [0.15, 0.2) is 0 Å². The van der Waals surface area contributed by atoms with Gasteiger partial charge in [0, 0.05) is 11.3 Å². The molecule has 0 unspecified atom stereocenters. The van der Waals surface area contributed by atoms with Crippen LogP contribution in [-0.4, -0.2) is 31.6 Å². The van der Waals surface area contributed by atoms with Gasteiger partial charge in [-0.2, -0.15) is 0 Å². The minimum absolute atomic E-state index is 0.274. The van der Waals surface area contributed by atoms with Gasteiger partial charge < -0.3 is 14.8 Å². The Labute approximate surface area is 139 Å². The highest BCUT2D eigenvalue weighted by molar-refractivity contribution is 6.06. The Morgan fingerprint density at radius 1 is 0.917 bits per heavy atom. The summed E-state index contributed by atoms with van der Waals surface area (Å²) >= 11 is 0. The predicted octanol–water partition coefficient (Wildman–Crippen LogP) is 2.90. The van der Waals surface area contributed by atoms with Gasteiger partial charge in [-0.1, -0.05) is 12.1 Å². The number of amides is 1. The summed E-state index contributed by atoms with van der Waals surface area (Å²) in [5, 5.41) is 2.68. The number of benzene rings is 2. The summed E-state index contributed by atoms with van der Waals surface area (Å²) in [5.41, 5.74) is 1.39. The minimum Gasteiger partial charge on any atom is -0.465 e. The van der Waals surface area contributed by atoms with Crippen molar-refractivity contribution in [3.8, 4) is 0 Å². The lowest BCUT2D eigenvalue weighted by molar-refractivity contribution is 0.0525. The lowest BCUT2D eigenvalue weighted by Gasteiger charge is -2.08. The Bertz CT molecular complexity index is 770. The van der Waals surface area contributed by atoms with E-state index in [9.17, 15) is 14.4 Å². The van der Waals surface area contributed by atoms with E-state index in [4.69, 9.17) is 4.74 Å². The van der Waals surface area contributed by atoms with Crippen molar-refractivity contribution >= 4 is 23.5 Å². The van der Waals surface area contributed by atoms with Crippen LogP contribution in [0.5, 0.6) is 0 Å². The molecule has 124 valence electrons. The Hall–Kier alpha value is -3.15. The van der Waals surface area contributed by atoms with Crippen molar-refractivity contribution in [1.82, 2.24) is 0 Å². The molecule has 6 heteroatoms. The fourth-order valence-electron chi connectivity index (χ4n) is 2.05. The molecule has 0 saturated carbocycles. The van der Waals surface area contributed by atoms with Gasteiger partial charge in [-0.05, 0) is 43.3 Å².